The van der Waals surface area contributed by atoms with Crippen molar-refractivity contribution >= 4 is 33.2 Å². The minimum atomic E-state index is -3.63. The number of sulfone groups is 1. The largest absolute Gasteiger partial charge is 0.444 e. The van der Waals surface area contributed by atoms with Crippen LogP contribution in [0.25, 0.3) is 0 Å². The number of hydrogen-bond acceptors (Lipinski definition) is 6. The van der Waals surface area contributed by atoms with E-state index in [1.165, 1.54) is 31.2 Å². The zero-order chi connectivity index (χ0) is 24.1. The molecule has 8 nitrogen and oxygen atoms in total. The Morgan fingerprint density at radius 1 is 1.09 bits per heavy atom. The van der Waals surface area contributed by atoms with E-state index in [-0.39, 0.29) is 28.6 Å². The molecule has 0 aliphatic carbocycles. The number of carbonyl (C=O) groups excluding carboxylic acids is 2. The van der Waals surface area contributed by atoms with Crippen molar-refractivity contribution in [1.82, 2.24) is 5.32 Å². The molecule has 0 aliphatic heterocycles. The molecule has 2 aromatic carbocycles. The summed E-state index contributed by atoms with van der Waals surface area (Å²) in [4.78, 5) is 24.6. The van der Waals surface area contributed by atoms with Crippen molar-refractivity contribution < 1.29 is 27.1 Å². The normalized spacial score (nSPS) is 12.6. The second kappa shape index (κ2) is 9.99. The van der Waals surface area contributed by atoms with E-state index in [9.17, 15) is 22.4 Å². The van der Waals surface area contributed by atoms with E-state index in [1.807, 2.05) is 0 Å². The Bertz CT molecular complexity index is 1080. The first-order valence-corrected chi connectivity index (χ1v) is 11.8. The molecule has 1 unspecified atom stereocenters. The number of hydrogen-bond donors (Lipinski definition) is 3. The zero-order valence-electron chi connectivity index (χ0n) is 18.7. The molecule has 3 N–H and O–H groups in total. The molecule has 0 bridgehead atoms. The molecule has 0 saturated heterocycles. The van der Waals surface area contributed by atoms with Crippen molar-refractivity contribution in [1.29, 1.82) is 0 Å². The fourth-order valence-corrected chi connectivity index (χ4v) is 3.59. The van der Waals surface area contributed by atoms with Crippen molar-refractivity contribution in [2.24, 2.45) is 0 Å². The van der Waals surface area contributed by atoms with Crippen molar-refractivity contribution in [2.75, 3.05) is 16.9 Å². The van der Waals surface area contributed by atoms with Crippen LogP contribution in [0.3, 0.4) is 0 Å². The van der Waals surface area contributed by atoms with E-state index >= 15 is 0 Å². The smallest absolute Gasteiger partial charge is 0.408 e. The minimum absolute atomic E-state index is 0.00911. The fraction of sp³-hybridized carbons (Fsp3) is 0.364. The highest BCUT2D eigenvalue weighted by Gasteiger charge is 2.23. The minimum Gasteiger partial charge on any atom is -0.444 e. The summed E-state index contributed by atoms with van der Waals surface area (Å²) in [6.45, 7) is 6.78. The monoisotopic (exact) mass is 465 g/mol. The molecule has 174 valence electrons. The van der Waals surface area contributed by atoms with Crippen LogP contribution < -0.4 is 16.0 Å². The summed E-state index contributed by atoms with van der Waals surface area (Å²) >= 11 is 0. The van der Waals surface area contributed by atoms with Crippen LogP contribution >= 0.6 is 0 Å². The molecule has 1 atom stereocenters. The van der Waals surface area contributed by atoms with Gasteiger partial charge in [-0.15, -0.1) is 0 Å². The Hall–Kier alpha value is -3.14. The lowest BCUT2D eigenvalue weighted by atomic mass is 10.2. The molecule has 2 aromatic rings. The van der Waals surface area contributed by atoms with Gasteiger partial charge in [0.2, 0.25) is 5.91 Å². The third-order valence-corrected chi connectivity index (χ3v) is 5.33. The first-order chi connectivity index (χ1) is 14.8. The molecule has 0 aliphatic rings. The maximum absolute atomic E-state index is 13.1. The SMILES string of the molecule is CC(NC(=O)OC(C)(C)C)C(=O)Nc1cccc(S(C)(=O)=O)c1NCc1ccc(F)cc1. The molecule has 2 amide bonds. The highest BCUT2D eigenvalue weighted by Crippen LogP contribution is 2.30. The molecule has 0 radical (unpaired) electrons. The number of para-hydroxylation sites is 1. The Balaban J connectivity index is 2.23. The van der Waals surface area contributed by atoms with Crippen molar-refractivity contribution in [2.45, 2.75) is 50.8 Å². The fourth-order valence-electron chi connectivity index (χ4n) is 2.71. The molecule has 32 heavy (non-hydrogen) atoms. The summed E-state index contributed by atoms with van der Waals surface area (Å²) in [5.74, 6) is -0.948. The maximum Gasteiger partial charge on any atom is 0.408 e. The van der Waals surface area contributed by atoms with Crippen LogP contribution in [0.4, 0.5) is 20.6 Å². The Kier molecular flexibility index (Phi) is 7.84. The van der Waals surface area contributed by atoms with Gasteiger partial charge in [-0.1, -0.05) is 18.2 Å². The number of amides is 2. The lowest BCUT2D eigenvalue weighted by Gasteiger charge is -2.22. The Morgan fingerprint density at radius 3 is 2.28 bits per heavy atom. The van der Waals surface area contributed by atoms with E-state index in [0.29, 0.717) is 5.56 Å². The number of rotatable bonds is 7. The molecule has 0 heterocycles. The number of carbonyl (C=O) groups is 2. The Morgan fingerprint density at radius 2 is 1.72 bits per heavy atom. The van der Waals surface area contributed by atoms with Gasteiger partial charge in [-0.2, -0.15) is 0 Å². The number of nitrogens with one attached hydrogen (secondary N) is 3. The Labute approximate surface area is 187 Å². The molecule has 0 aromatic heterocycles. The van der Waals surface area contributed by atoms with Gasteiger partial charge in [0.15, 0.2) is 9.84 Å². The average molecular weight is 466 g/mol. The lowest BCUT2D eigenvalue weighted by Crippen LogP contribution is -2.44. The summed E-state index contributed by atoms with van der Waals surface area (Å²) in [6.07, 6.45) is 0.309. The lowest BCUT2D eigenvalue weighted by molar-refractivity contribution is -0.117. The molecular weight excluding hydrogens is 437 g/mol. The van der Waals surface area contributed by atoms with Crippen molar-refractivity contribution in [3.63, 3.8) is 0 Å². The second-order valence-corrected chi connectivity index (χ2v) is 10.3. The third kappa shape index (κ3) is 7.52. The van der Waals surface area contributed by atoms with Gasteiger partial charge in [-0.25, -0.2) is 17.6 Å². The summed E-state index contributed by atoms with van der Waals surface area (Å²) in [5, 5.41) is 8.09. The van der Waals surface area contributed by atoms with E-state index in [2.05, 4.69) is 16.0 Å². The summed E-state index contributed by atoms with van der Waals surface area (Å²) in [7, 11) is -3.63. The zero-order valence-corrected chi connectivity index (χ0v) is 19.5. The van der Waals surface area contributed by atoms with Gasteiger partial charge in [-0.05, 0) is 57.5 Å². The quantitative estimate of drug-likeness (QED) is 0.575. The standard InChI is InChI=1S/C22H28FN3O5S/c1-14(25-21(28)31-22(2,3)4)20(27)26-17-7-6-8-18(32(5,29)30)19(17)24-13-15-9-11-16(23)12-10-15/h6-12,14,24H,13H2,1-5H3,(H,25,28)(H,26,27). The van der Waals surface area contributed by atoms with Gasteiger partial charge in [0.25, 0.3) is 0 Å². The predicted molar refractivity (Wildman–Crippen MR) is 121 cm³/mol. The number of anilines is 2. The molecular formula is C22H28FN3O5S. The van der Waals surface area contributed by atoms with Crippen molar-refractivity contribution in [3.05, 3.63) is 53.8 Å². The van der Waals surface area contributed by atoms with Crippen LogP contribution in [-0.4, -0.2) is 38.3 Å². The van der Waals surface area contributed by atoms with Gasteiger partial charge in [0.05, 0.1) is 16.3 Å². The topological polar surface area (TPSA) is 114 Å². The van der Waals surface area contributed by atoms with Gasteiger partial charge >= 0.3 is 6.09 Å². The maximum atomic E-state index is 13.1. The number of benzene rings is 2. The summed E-state index contributed by atoms with van der Waals surface area (Å²) in [6, 6.07) is 9.24. The van der Waals surface area contributed by atoms with Crippen LogP contribution in [0.15, 0.2) is 47.4 Å². The third-order valence-electron chi connectivity index (χ3n) is 4.19. The van der Waals surface area contributed by atoms with Gasteiger partial charge < -0.3 is 20.7 Å². The molecule has 0 spiro atoms. The molecule has 0 saturated carbocycles. The number of alkyl carbamates (subject to hydrolysis) is 1. The highest BCUT2D eigenvalue weighted by atomic mass is 32.2. The van der Waals surface area contributed by atoms with Crippen LogP contribution in [0.2, 0.25) is 0 Å². The highest BCUT2D eigenvalue weighted by molar-refractivity contribution is 7.90. The molecule has 10 heteroatoms. The summed E-state index contributed by atoms with van der Waals surface area (Å²) in [5.41, 5.74) is 0.406. The van der Waals surface area contributed by atoms with Gasteiger partial charge in [0.1, 0.15) is 17.5 Å². The van der Waals surface area contributed by atoms with Crippen LogP contribution in [0.1, 0.15) is 33.3 Å². The predicted octanol–water partition coefficient (Wildman–Crippen LogP) is 3.69. The first-order valence-electron chi connectivity index (χ1n) is 9.88. The van der Waals surface area contributed by atoms with Crippen LogP contribution in [0, 0.1) is 5.82 Å². The van der Waals surface area contributed by atoms with E-state index in [0.717, 1.165) is 6.26 Å². The van der Waals surface area contributed by atoms with Crippen molar-refractivity contribution in [3.8, 4) is 0 Å². The first kappa shape index (κ1) is 25.1. The van der Waals surface area contributed by atoms with Crippen LogP contribution in [0.5, 0.6) is 0 Å². The van der Waals surface area contributed by atoms with Gasteiger partial charge in [-0.3, -0.25) is 4.79 Å². The average Bonchev–Trinajstić information content (AvgIpc) is 2.65. The molecule has 0 fully saturated rings. The molecule has 2 rings (SSSR count). The van der Waals surface area contributed by atoms with Crippen LogP contribution in [-0.2, 0) is 25.9 Å². The summed E-state index contributed by atoms with van der Waals surface area (Å²) < 4.78 is 42.9. The van der Waals surface area contributed by atoms with Gasteiger partial charge in [0, 0.05) is 12.8 Å². The van der Waals surface area contributed by atoms with E-state index < -0.39 is 33.5 Å². The number of ether oxygens (including phenoxy) is 1. The number of halogens is 1. The van der Waals surface area contributed by atoms with E-state index in [4.69, 9.17) is 4.74 Å². The second-order valence-electron chi connectivity index (χ2n) is 8.29. The van der Waals surface area contributed by atoms with E-state index in [1.54, 1.807) is 39.0 Å².